The van der Waals surface area contributed by atoms with Crippen molar-refractivity contribution in [2.75, 3.05) is 11.1 Å². The van der Waals surface area contributed by atoms with Gasteiger partial charge in [0.15, 0.2) is 0 Å². The summed E-state index contributed by atoms with van der Waals surface area (Å²) < 4.78 is 1.85. The van der Waals surface area contributed by atoms with Gasteiger partial charge in [0.25, 0.3) is 0 Å². The van der Waals surface area contributed by atoms with Gasteiger partial charge in [-0.25, -0.2) is 0 Å². The second-order valence-corrected chi connectivity index (χ2v) is 4.15. The Kier molecular flexibility index (Phi) is 3.49. The summed E-state index contributed by atoms with van der Waals surface area (Å²) in [4.78, 5) is 0. The predicted molar refractivity (Wildman–Crippen MR) is 70.9 cm³/mol. The molecule has 0 radical (unpaired) electrons. The zero-order valence-electron chi connectivity index (χ0n) is 10.2. The topological polar surface area (TPSA) is 79.7 Å². The molecule has 5 nitrogen and oxygen atoms in total. The zero-order chi connectivity index (χ0) is 13.0. The molecule has 2 rings (SSSR count). The van der Waals surface area contributed by atoms with Crippen molar-refractivity contribution in [3.05, 3.63) is 42.2 Å². The Morgan fingerprint density at radius 2 is 2.33 bits per heavy atom. The van der Waals surface area contributed by atoms with Gasteiger partial charge in [0, 0.05) is 18.4 Å². The number of nitrogens with one attached hydrogen (secondary N) is 1. The number of benzene rings is 1. The molecular formula is C13H15N5. The summed E-state index contributed by atoms with van der Waals surface area (Å²) in [5.41, 5.74) is 7.68. The van der Waals surface area contributed by atoms with E-state index in [2.05, 4.69) is 16.5 Å². The molecule has 0 saturated heterocycles. The highest BCUT2D eigenvalue weighted by Gasteiger charge is 2.08. The van der Waals surface area contributed by atoms with Crippen molar-refractivity contribution in [2.45, 2.75) is 19.5 Å². The quantitative estimate of drug-likeness (QED) is 0.800. The summed E-state index contributed by atoms with van der Waals surface area (Å²) in [6.07, 6.45) is 3.66. The average Bonchev–Trinajstić information content (AvgIpc) is 2.84. The molecule has 0 spiro atoms. The Bertz CT molecular complexity index is 553. The van der Waals surface area contributed by atoms with Crippen molar-refractivity contribution in [1.29, 1.82) is 5.26 Å². The van der Waals surface area contributed by atoms with E-state index in [1.807, 2.05) is 36.0 Å². The van der Waals surface area contributed by atoms with Gasteiger partial charge in [0.2, 0.25) is 0 Å². The predicted octanol–water partition coefficient (Wildman–Crippen LogP) is 1.84. The van der Waals surface area contributed by atoms with Gasteiger partial charge in [-0.05, 0) is 25.1 Å². The van der Waals surface area contributed by atoms with Crippen molar-refractivity contribution in [2.24, 2.45) is 0 Å². The SMILES string of the molecule is CC(Cn1cccn1)Nc1cccc(C#N)c1N. The first kappa shape index (κ1) is 12.0. The Labute approximate surface area is 106 Å². The fourth-order valence-electron chi connectivity index (χ4n) is 1.79. The molecule has 0 saturated carbocycles. The third-order valence-corrected chi connectivity index (χ3v) is 2.65. The summed E-state index contributed by atoms with van der Waals surface area (Å²) in [7, 11) is 0. The van der Waals surface area contributed by atoms with E-state index in [4.69, 9.17) is 11.0 Å². The summed E-state index contributed by atoms with van der Waals surface area (Å²) in [5, 5.41) is 16.3. The fraction of sp³-hybridized carbons (Fsp3) is 0.231. The molecule has 0 aliphatic carbocycles. The Hall–Kier alpha value is -2.48. The van der Waals surface area contributed by atoms with Crippen molar-refractivity contribution < 1.29 is 0 Å². The number of nitrogen functional groups attached to an aromatic ring is 1. The van der Waals surface area contributed by atoms with Gasteiger partial charge in [-0.15, -0.1) is 0 Å². The Balaban J connectivity index is 2.08. The van der Waals surface area contributed by atoms with E-state index in [-0.39, 0.29) is 6.04 Å². The first-order valence-corrected chi connectivity index (χ1v) is 5.73. The molecule has 92 valence electrons. The molecule has 1 atom stereocenters. The minimum atomic E-state index is 0.168. The van der Waals surface area contributed by atoms with Crippen LogP contribution in [0.4, 0.5) is 11.4 Å². The van der Waals surface area contributed by atoms with E-state index in [0.29, 0.717) is 11.3 Å². The maximum Gasteiger partial charge on any atom is 0.101 e. The van der Waals surface area contributed by atoms with Crippen molar-refractivity contribution in [1.82, 2.24) is 9.78 Å². The number of nitrogens with zero attached hydrogens (tertiary/aromatic N) is 3. The van der Waals surface area contributed by atoms with Crippen LogP contribution in [-0.2, 0) is 6.54 Å². The lowest BCUT2D eigenvalue weighted by atomic mass is 10.1. The molecule has 1 unspecified atom stereocenters. The highest BCUT2D eigenvalue weighted by molar-refractivity contribution is 5.73. The summed E-state index contributed by atoms with van der Waals surface area (Å²) in [5.74, 6) is 0. The summed E-state index contributed by atoms with van der Waals surface area (Å²) in [6, 6.07) is 9.52. The maximum absolute atomic E-state index is 8.91. The van der Waals surface area contributed by atoms with Gasteiger partial charge in [-0.3, -0.25) is 4.68 Å². The van der Waals surface area contributed by atoms with Crippen LogP contribution in [0.15, 0.2) is 36.7 Å². The smallest absolute Gasteiger partial charge is 0.101 e. The number of hydrogen-bond acceptors (Lipinski definition) is 4. The van der Waals surface area contributed by atoms with Crippen LogP contribution in [0.5, 0.6) is 0 Å². The van der Waals surface area contributed by atoms with Crippen LogP contribution in [0.2, 0.25) is 0 Å². The van der Waals surface area contributed by atoms with Gasteiger partial charge in [-0.1, -0.05) is 6.07 Å². The van der Waals surface area contributed by atoms with E-state index < -0.39 is 0 Å². The molecule has 18 heavy (non-hydrogen) atoms. The standard InChI is InChI=1S/C13H15N5/c1-10(9-18-7-3-6-16-18)17-12-5-2-4-11(8-14)13(12)15/h2-7,10,17H,9,15H2,1H3. The van der Waals surface area contributed by atoms with Gasteiger partial charge in [0.1, 0.15) is 6.07 Å². The van der Waals surface area contributed by atoms with E-state index in [0.717, 1.165) is 12.2 Å². The molecule has 2 aromatic rings. The highest BCUT2D eigenvalue weighted by atomic mass is 15.3. The molecular weight excluding hydrogens is 226 g/mol. The Morgan fingerprint density at radius 3 is 3.00 bits per heavy atom. The number of nitrogens with two attached hydrogens (primary N) is 1. The van der Waals surface area contributed by atoms with Crippen LogP contribution in [0, 0.1) is 11.3 Å². The number of anilines is 2. The maximum atomic E-state index is 8.91. The largest absolute Gasteiger partial charge is 0.396 e. The van der Waals surface area contributed by atoms with Crippen LogP contribution in [-0.4, -0.2) is 15.8 Å². The van der Waals surface area contributed by atoms with Crippen LogP contribution in [0.3, 0.4) is 0 Å². The molecule has 0 amide bonds. The monoisotopic (exact) mass is 241 g/mol. The minimum Gasteiger partial charge on any atom is -0.396 e. The third-order valence-electron chi connectivity index (χ3n) is 2.65. The molecule has 1 aromatic heterocycles. The van der Waals surface area contributed by atoms with Crippen LogP contribution >= 0.6 is 0 Å². The molecule has 0 aliphatic heterocycles. The van der Waals surface area contributed by atoms with Crippen LogP contribution in [0.1, 0.15) is 12.5 Å². The number of hydrogen-bond donors (Lipinski definition) is 2. The first-order chi connectivity index (χ1) is 8.70. The minimum absolute atomic E-state index is 0.168. The number of nitriles is 1. The molecule has 5 heteroatoms. The van der Waals surface area contributed by atoms with Crippen LogP contribution < -0.4 is 11.1 Å². The van der Waals surface area contributed by atoms with Crippen LogP contribution in [0.25, 0.3) is 0 Å². The van der Waals surface area contributed by atoms with Crippen molar-refractivity contribution in [3.8, 4) is 6.07 Å². The number of aromatic nitrogens is 2. The van der Waals surface area contributed by atoms with E-state index >= 15 is 0 Å². The summed E-state index contributed by atoms with van der Waals surface area (Å²) in [6.45, 7) is 2.78. The lowest BCUT2D eigenvalue weighted by Gasteiger charge is -2.17. The molecule has 0 aliphatic rings. The highest BCUT2D eigenvalue weighted by Crippen LogP contribution is 2.22. The molecule has 1 aromatic carbocycles. The number of para-hydroxylation sites is 1. The fourth-order valence-corrected chi connectivity index (χ4v) is 1.79. The van der Waals surface area contributed by atoms with E-state index in [9.17, 15) is 0 Å². The molecule has 3 N–H and O–H groups in total. The summed E-state index contributed by atoms with van der Waals surface area (Å²) >= 11 is 0. The zero-order valence-corrected chi connectivity index (χ0v) is 10.2. The average molecular weight is 241 g/mol. The van der Waals surface area contributed by atoms with Crippen molar-refractivity contribution >= 4 is 11.4 Å². The molecule has 0 fully saturated rings. The molecule has 0 bridgehead atoms. The lowest BCUT2D eigenvalue weighted by molar-refractivity contribution is 0.561. The van der Waals surface area contributed by atoms with Gasteiger partial charge in [0.05, 0.1) is 23.5 Å². The van der Waals surface area contributed by atoms with E-state index in [1.165, 1.54) is 0 Å². The Morgan fingerprint density at radius 1 is 1.50 bits per heavy atom. The normalized spacial score (nSPS) is 11.8. The first-order valence-electron chi connectivity index (χ1n) is 5.73. The lowest BCUT2D eigenvalue weighted by Crippen LogP contribution is -2.22. The van der Waals surface area contributed by atoms with E-state index in [1.54, 1.807) is 12.3 Å². The van der Waals surface area contributed by atoms with Gasteiger partial charge in [-0.2, -0.15) is 10.4 Å². The third kappa shape index (κ3) is 2.61. The second kappa shape index (κ2) is 5.23. The van der Waals surface area contributed by atoms with Gasteiger partial charge >= 0.3 is 0 Å². The van der Waals surface area contributed by atoms with Crippen molar-refractivity contribution in [3.63, 3.8) is 0 Å². The molecule has 1 heterocycles. The second-order valence-electron chi connectivity index (χ2n) is 4.15. The number of rotatable bonds is 4. The van der Waals surface area contributed by atoms with Gasteiger partial charge < -0.3 is 11.1 Å².